The lowest BCUT2D eigenvalue weighted by atomic mass is 9.89. The van der Waals surface area contributed by atoms with E-state index in [0.717, 1.165) is 36.0 Å². The number of carbonyl (C=O) groups excluding carboxylic acids is 2. The van der Waals surface area contributed by atoms with Crippen LogP contribution >= 0.6 is 23.4 Å². The molecule has 6 heteroatoms. The van der Waals surface area contributed by atoms with Crippen LogP contribution in [0.1, 0.15) is 37.8 Å². The van der Waals surface area contributed by atoms with Gasteiger partial charge in [-0.05, 0) is 73.0 Å². The molecule has 4 nitrogen and oxygen atoms in total. The summed E-state index contributed by atoms with van der Waals surface area (Å²) in [4.78, 5) is 27.1. The number of amides is 2. The van der Waals surface area contributed by atoms with Crippen molar-refractivity contribution in [3.05, 3.63) is 58.2 Å². The van der Waals surface area contributed by atoms with E-state index in [1.807, 2.05) is 47.2 Å². The molecule has 0 radical (unpaired) electrons. The van der Waals surface area contributed by atoms with Crippen molar-refractivity contribution in [2.75, 3.05) is 6.54 Å². The minimum Gasteiger partial charge on any atom is -0.317 e. The molecule has 4 rings (SSSR count). The van der Waals surface area contributed by atoms with Gasteiger partial charge in [-0.25, -0.2) is 0 Å². The van der Waals surface area contributed by atoms with Gasteiger partial charge >= 0.3 is 0 Å². The molecule has 2 aliphatic rings. The molecular formula is C21H21ClN2O2S. The molecule has 0 unspecified atom stereocenters. The van der Waals surface area contributed by atoms with Gasteiger partial charge < -0.3 is 4.57 Å². The fraction of sp³-hybridized carbons (Fsp3) is 0.333. The molecule has 2 heterocycles. The van der Waals surface area contributed by atoms with Crippen molar-refractivity contribution in [2.45, 2.75) is 32.1 Å². The molecule has 140 valence electrons. The maximum absolute atomic E-state index is 12.8. The first-order valence-corrected chi connectivity index (χ1v) is 10.5. The zero-order valence-electron chi connectivity index (χ0n) is 14.9. The lowest BCUT2D eigenvalue weighted by molar-refractivity contribution is -0.123. The van der Waals surface area contributed by atoms with Gasteiger partial charge in [0.2, 0.25) is 0 Å². The van der Waals surface area contributed by atoms with E-state index in [1.54, 1.807) is 6.08 Å². The predicted octanol–water partition coefficient (Wildman–Crippen LogP) is 5.75. The maximum Gasteiger partial charge on any atom is 0.293 e. The molecule has 1 saturated heterocycles. The van der Waals surface area contributed by atoms with E-state index in [1.165, 1.54) is 24.2 Å². The van der Waals surface area contributed by atoms with Crippen molar-refractivity contribution in [3.63, 3.8) is 0 Å². The number of nitrogens with zero attached hydrogens (tertiary/aromatic N) is 2. The Morgan fingerprint density at radius 3 is 2.56 bits per heavy atom. The number of hydrogen-bond donors (Lipinski definition) is 0. The number of aromatic nitrogens is 1. The number of rotatable bonds is 4. The first kappa shape index (κ1) is 18.4. The topological polar surface area (TPSA) is 42.3 Å². The van der Waals surface area contributed by atoms with Crippen LogP contribution in [-0.4, -0.2) is 27.2 Å². The van der Waals surface area contributed by atoms with Crippen molar-refractivity contribution in [1.29, 1.82) is 0 Å². The monoisotopic (exact) mass is 400 g/mol. The lowest BCUT2D eigenvalue weighted by Crippen LogP contribution is -2.34. The molecule has 1 saturated carbocycles. The molecule has 1 aliphatic carbocycles. The van der Waals surface area contributed by atoms with Gasteiger partial charge in [-0.1, -0.05) is 30.9 Å². The predicted molar refractivity (Wildman–Crippen MR) is 110 cm³/mol. The van der Waals surface area contributed by atoms with Crippen molar-refractivity contribution in [3.8, 4) is 5.69 Å². The summed E-state index contributed by atoms with van der Waals surface area (Å²) in [6.07, 6.45) is 9.62. The van der Waals surface area contributed by atoms with E-state index in [9.17, 15) is 9.59 Å². The summed E-state index contributed by atoms with van der Waals surface area (Å²) in [5, 5.41) is 0.526. The molecule has 2 aromatic rings. The molecule has 0 bridgehead atoms. The van der Waals surface area contributed by atoms with Crippen molar-refractivity contribution in [2.24, 2.45) is 5.92 Å². The molecule has 1 aliphatic heterocycles. The van der Waals surface area contributed by atoms with Crippen molar-refractivity contribution < 1.29 is 9.59 Å². The molecular weight excluding hydrogens is 380 g/mol. The minimum atomic E-state index is -0.167. The Kier molecular flexibility index (Phi) is 5.41. The summed E-state index contributed by atoms with van der Waals surface area (Å²) in [6, 6.07) is 11.4. The number of carbonyl (C=O) groups is 2. The first-order chi connectivity index (χ1) is 13.1. The van der Waals surface area contributed by atoms with Crippen LogP contribution in [0.4, 0.5) is 4.79 Å². The summed E-state index contributed by atoms with van der Waals surface area (Å²) in [5.41, 5.74) is 1.82. The minimum absolute atomic E-state index is 0.151. The van der Waals surface area contributed by atoms with E-state index in [2.05, 4.69) is 0 Å². The zero-order chi connectivity index (χ0) is 18.8. The highest BCUT2D eigenvalue weighted by Crippen LogP contribution is 2.35. The maximum atomic E-state index is 12.8. The lowest BCUT2D eigenvalue weighted by Gasteiger charge is -2.25. The number of halogens is 1. The van der Waals surface area contributed by atoms with E-state index in [-0.39, 0.29) is 11.1 Å². The van der Waals surface area contributed by atoms with Gasteiger partial charge in [0.05, 0.1) is 4.91 Å². The fourth-order valence-corrected chi connectivity index (χ4v) is 4.73. The summed E-state index contributed by atoms with van der Waals surface area (Å²) in [6.45, 7) is 0.556. The molecule has 0 atom stereocenters. The van der Waals surface area contributed by atoms with Gasteiger partial charge in [0.25, 0.3) is 11.1 Å². The second kappa shape index (κ2) is 7.95. The molecule has 27 heavy (non-hydrogen) atoms. The molecule has 1 aromatic carbocycles. The molecule has 1 aromatic heterocycles. The normalized spacial score (nSPS) is 20.0. The standard InChI is InChI=1S/C21H21ClN2O2S/c22-16-8-10-17(11-9-16)23-12-4-7-18(23)13-19-20(25)24(21(26)27-19)14-15-5-2-1-3-6-15/h4,7-13,15H,1-3,5-6,14H2/b19-13+. The van der Waals surface area contributed by atoms with Gasteiger partial charge in [-0.15, -0.1) is 0 Å². The number of benzene rings is 1. The van der Waals surface area contributed by atoms with Crippen LogP contribution in [0.5, 0.6) is 0 Å². The van der Waals surface area contributed by atoms with E-state index in [4.69, 9.17) is 11.6 Å². The van der Waals surface area contributed by atoms with Crippen LogP contribution in [0.15, 0.2) is 47.5 Å². The van der Waals surface area contributed by atoms with Crippen molar-refractivity contribution in [1.82, 2.24) is 9.47 Å². The van der Waals surface area contributed by atoms with Crippen molar-refractivity contribution >= 4 is 40.6 Å². The molecule has 2 fully saturated rings. The van der Waals surface area contributed by atoms with Crippen LogP contribution < -0.4 is 0 Å². The Morgan fingerprint density at radius 1 is 1.07 bits per heavy atom. The van der Waals surface area contributed by atoms with Gasteiger partial charge in [0, 0.05) is 29.1 Å². The van der Waals surface area contributed by atoms with Gasteiger partial charge in [0.15, 0.2) is 0 Å². The highest BCUT2D eigenvalue weighted by atomic mass is 35.5. The number of thioether (sulfide) groups is 1. The fourth-order valence-electron chi connectivity index (χ4n) is 3.77. The Labute approximate surface area is 168 Å². The largest absolute Gasteiger partial charge is 0.317 e. The first-order valence-electron chi connectivity index (χ1n) is 9.30. The number of imide groups is 1. The number of hydrogen-bond acceptors (Lipinski definition) is 3. The van der Waals surface area contributed by atoms with Crippen LogP contribution in [0, 0.1) is 5.92 Å². The summed E-state index contributed by atoms with van der Waals surface area (Å²) in [5.74, 6) is 0.281. The van der Waals surface area contributed by atoms with E-state index in [0.29, 0.717) is 22.4 Å². The summed E-state index contributed by atoms with van der Waals surface area (Å²) >= 11 is 7.01. The van der Waals surface area contributed by atoms with E-state index >= 15 is 0 Å². The highest BCUT2D eigenvalue weighted by Gasteiger charge is 2.36. The smallest absolute Gasteiger partial charge is 0.293 e. The van der Waals surface area contributed by atoms with Gasteiger partial charge in [-0.3, -0.25) is 14.5 Å². The zero-order valence-corrected chi connectivity index (χ0v) is 16.5. The summed E-state index contributed by atoms with van der Waals surface area (Å²) < 4.78 is 1.98. The van der Waals surface area contributed by atoms with Crippen LogP contribution in [0.2, 0.25) is 5.02 Å². The Hall–Kier alpha value is -1.98. The SMILES string of the molecule is O=C1S/C(=C/c2cccn2-c2ccc(Cl)cc2)C(=O)N1CC1CCCCC1. The quantitative estimate of drug-likeness (QED) is 0.614. The third kappa shape index (κ3) is 3.99. The third-order valence-electron chi connectivity index (χ3n) is 5.20. The second-order valence-electron chi connectivity index (χ2n) is 7.08. The summed E-state index contributed by atoms with van der Waals surface area (Å²) in [7, 11) is 0. The average molecular weight is 401 g/mol. The van der Waals surface area contributed by atoms with Crippen LogP contribution in [-0.2, 0) is 4.79 Å². The Morgan fingerprint density at radius 2 is 1.81 bits per heavy atom. The third-order valence-corrected chi connectivity index (χ3v) is 6.36. The van der Waals surface area contributed by atoms with Gasteiger partial charge in [-0.2, -0.15) is 0 Å². The molecule has 0 N–H and O–H groups in total. The Balaban J connectivity index is 1.55. The van der Waals surface area contributed by atoms with Crippen LogP contribution in [0.25, 0.3) is 11.8 Å². The van der Waals surface area contributed by atoms with Gasteiger partial charge in [0.1, 0.15) is 0 Å². The van der Waals surface area contributed by atoms with E-state index < -0.39 is 0 Å². The second-order valence-corrected chi connectivity index (χ2v) is 8.51. The Bertz CT molecular complexity index is 882. The average Bonchev–Trinajstić information content (AvgIpc) is 3.24. The molecule has 2 amide bonds. The highest BCUT2D eigenvalue weighted by molar-refractivity contribution is 8.18. The molecule has 0 spiro atoms. The van der Waals surface area contributed by atoms with Crippen LogP contribution in [0.3, 0.4) is 0 Å².